The lowest BCUT2D eigenvalue weighted by Crippen LogP contribution is -2.22. The molecule has 0 saturated carbocycles. The minimum atomic E-state index is -0.0744. The zero-order valence-corrected chi connectivity index (χ0v) is 20.5. The summed E-state index contributed by atoms with van der Waals surface area (Å²) in [4.78, 5) is 18.7. The number of unbranched alkanes of at least 4 members (excludes halogenated alkanes) is 3. The van der Waals surface area contributed by atoms with E-state index in [1.165, 1.54) is 18.4 Å². The SMILES string of the molecule is CCCCCCOc1ccccc1-c1nc2ccccc2c(=O)n1-c1ccc([C@@H](C)CC)cc1. The number of fused-ring (bicyclic) bond motifs is 1. The van der Waals surface area contributed by atoms with Crippen LogP contribution in [0.15, 0.2) is 77.6 Å². The van der Waals surface area contributed by atoms with Gasteiger partial charge in [-0.25, -0.2) is 4.98 Å². The molecule has 0 unspecified atom stereocenters. The summed E-state index contributed by atoms with van der Waals surface area (Å²) < 4.78 is 7.91. The van der Waals surface area contributed by atoms with Crippen LogP contribution >= 0.6 is 0 Å². The minimum Gasteiger partial charge on any atom is -0.493 e. The van der Waals surface area contributed by atoms with Crippen molar-refractivity contribution < 1.29 is 4.74 Å². The molecule has 0 fully saturated rings. The van der Waals surface area contributed by atoms with E-state index < -0.39 is 0 Å². The maximum absolute atomic E-state index is 13.7. The highest BCUT2D eigenvalue weighted by molar-refractivity contribution is 5.81. The van der Waals surface area contributed by atoms with Gasteiger partial charge in [0.25, 0.3) is 5.56 Å². The highest BCUT2D eigenvalue weighted by atomic mass is 16.5. The summed E-state index contributed by atoms with van der Waals surface area (Å²) in [5, 5.41) is 0.607. The fraction of sp³-hybridized carbons (Fsp3) is 0.333. The molecule has 4 aromatic rings. The molecule has 176 valence electrons. The second-order valence-electron chi connectivity index (χ2n) is 8.90. The first-order chi connectivity index (χ1) is 16.6. The summed E-state index contributed by atoms with van der Waals surface area (Å²) in [6.07, 6.45) is 5.64. The summed E-state index contributed by atoms with van der Waals surface area (Å²) in [6.45, 7) is 7.26. The molecule has 34 heavy (non-hydrogen) atoms. The van der Waals surface area contributed by atoms with Crippen molar-refractivity contribution >= 4 is 10.9 Å². The van der Waals surface area contributed by atoms with Crippen LogP contribution in [0.3, 0.4) is 0 Å². The monoisotopic (exact) mass is 454 g/mol. The van der Waals surface area contributed by atoms with Crippen LogP contribution in [-0.2, 0) is 0 Å². The lowest BCUT2D eigenvalue weighted by Gasteiger charge is -2.17. The van der Waals surface area contributed by atoms with Crippen molar-refractivity contribution in [1.29, 1.82) is 0 Å². The van der Waals surface area contributed by atoms with Gasteiger partial charge in [-0.3, -0.25) is 9.36 Å². The van der Waals surface area contributed by atoms with Gasteiger partial charge in [-0.05, 0) is 60.7 Å². The molecule has 0 radical (unpaired) electrons. The largest absolute Gasteiger partial charge is 0.493 e. The Bertz CT molecular complexity index is 1290. The number of rotatable bonds is 10. The van der Waals surface area contributed by atoms with E-state index in [4.69, 9.17) is 9.72 Å². The summed E-state index contributed by atoms with van der Waals surface area (Å²) >= 11 is 0. The predicted molar refractivity (Wildman–Crippen MR) is 141 cm³/mol. The average Bonchev–Trinajstić information content (AvgIpc) is 2.88. The molecule has 0 N–H and O–H groups in total. The molecular weight excluding hydrogens is 420 g/mol. The molecule has 0 bridgehead atoms. The van der Waals surface area contributed by atoms with E-state index in [1.807, 2.05) is 60.7 Å². The van der Waals surface area contributed by atoms with E-state index in [-0.39, 0.29) is 5.56 Å². The van der Waals surface area contributed by atoms with Crippen molar-refractivity contribution in [2.75, 3.05) is 6.61 Å². The van der Waals surface area contributed by atoms with Gasteiger partial charge in [0.2, 0.25) is 0 Å². The lowest BCUT2D eigenvalue weighted by atomic mass is 9.98. The van der Waals surface area contributed by atoms with Gasteiger partial charge in [-0.1, -0.05) is 76.4 Å². The first-order valence-corrected chi connectivity index (χ1v) is 12.5. The van der Waals surface area contributed by atoms with Crippen LogP contribution in [0, 0.1) is 0 Å². The van der Waals surface area contributed by atoms with E-state index in [2.05, 4.69) is 32.9 Å². The highest BCUT2D eigenvalue weighted by Crippen LogP contribution is 2.31. The zero-order chi connectivity index (χ0) is 23.9. The smallest absolute Gasteiger partial charge is 0.266 e. The van der Waals surface area contributed by atoms with Gasteiger partial charge in [0.05, 0.1) is 28.8 Å². The first kappa shape index (κ1) is 23.7. The third-order valence-electron chi connectivity index (χ3n) is 6.49. The molecule has 1 atom stereocenters. The second-order valence-corrected chi connectivity index (χ2v) is 8.90. The molecule has 0 amide bonds. The molecule has 1 heterocycles. The van der Waals surface area contributed by atoms with Crippen LogP contribution in [0.25, 0.3) is 28.0 Å². The Hall–Kier alpha value is -3.40. The molecule has 0 spiro atoms. The second kappa shape index (κ2) is 11.1. The summed E-state index contributed by atoms with van der Waals surface area (Å²) in [5.41, 5.74) is 3.52. The van der Waals surface area contributed by atoms with E-state index in [1.54, 1.807) is 4.57 Å². The molecule has 4 heteroatoms. The van der Waals surface area contributed by atoms with Crippen LogP contribution in [0.1, 0.15) is 64.4 Å². The number of aromatic nitrogens is 2. The maximum atomic E-state index is 13.7. The summed E-state index contributed by atoms with van der Waals surface area (Å²) in [5.74, 6) is 1.83. The molecule has 0 aliphatic rings. The Balaban J connectivity index is 1.83. The Kier molecular flexibility index (Phi) is 7.79. The van der Waals surface area contributed by atoms with Gasteiger partial charge in [0.15, 0.2) is 5.82 Å². The molecule has 3 aromatic carbocycles. The normalized spacial score (nSPS) is 12.1. The zero-order valence-electron chi connectivity index (χ0n) is 20.5. The standard InChI is InChI=1S/C30H34N2O2/c1-4-6-7-12-21-34-28-16-11-9-14-26(28)29-31-27-15-10-8-13-25(27)30(33)32(29)24-19-17-23(18-20-24)22(3)5-2/h8-11,13-20,22H,4-7,12,21H2,1-3H3/t22-/m0/s1. The molecule has 4 nitrogen and oxygen atoms in total. The summed E-state index contributed by atoms with van der Waals surface area (Å²) in [7, 11) is 0. The Morgan fingerprint density at radius 2 is 1.62 bits per heavy atom. The molecular formula is C30H34N2O2. The number of nitrogens with zero attached hydrogens (tertiary/aromatic N) is 2. The molecule has 4 rings (SSSR count). The third kappa shape index (κ3) is 5.06. The molecule has 1 aromatic heterocycles. The first-order valence-electron chi connectivity index (χ1n) is 12.5. The van der Waals surface area contributed by atoms with Gasteiger partial charge in [0.1, 0.15) is 5.75 Å². The van der Waals surface area contributed by atoms with Crippen LogP contribution < -0.4 is 10.3 Å². The Morgan fingerprint density at radius 1 is 0.882 bits per heavy atom. The van der Waals surface area contributed by atoms with Crippen molar-refractivity contribution in [3.05, 3.63) is 88.7 Å². The van der Waals surface area contributed by atoms with Crippen molar-refractivity contribution in [2.45, 2.75) is 58.8 Å². The summed E-state index contributed by atoms with van der Waals surface area (Å²) in [6, 6.07) is 23.7. The topological polar surface area (TPSA) is 44.1 Å². The quantitative estimate of drug-likeness (QED) is 0.233. The van der Waals surface area contributed by atoms with Crippen LogP contribution in [0.4, 0.5) is 0 Å². The van der Waals surface area contributed by atoms with Crippen molar-refractivity contribution in [2.24, 2.45) is 0 Å². The number of para-hydroxylation sites is 2. The Morgan fingerprint density at radius 3 is 2.38 bits per heavy atom. The number of hydrogen-bond acceptors (Lipinski definition) is 3. The van der Waals surface area contributed by atoms with Gasteiger partial charge < -0.3 is 4.74 Å². The molecule has 0 saturated heterocycles. The van der Waals surface area contributed by atoms with Crippen molar-refractivity contribution in [3.8, 4) is 22.8 Å². The number of ether oxygens (including phenoxy) is 1. The maximum Gasteiger partial charge on any atom is 0.266 e. The fourth-order valence-electron chi connectivity index (χ4n) is 4.23. The number of benzene rings is 3. The predicted octanol–water partition coefficient (Wildman–Crippen LogP) is 7.53. The van der Waals surface area contributed by atoms with Gasteiger partial charge >= 0.3 is 0 Å². The van der Waals surface area contributed by atoms with Crippen LogP contribution in [0.2, 0.25) is 0 Å². The third-order valence-corrected chi connectivity index (χ3v) is 6.49. The average molecular weight is 455 g/mol. The molecule has 0 aliphatic carbocycles. The van der Waals surface area contributed by atoms with E-state index in [0.29, 0.717) is 29.3 Å². The van der Waals surface area contributed by atoms with Gasteiger partial charge in [-0.15, -0.1) is 0 Å². The highest BCUT2D eigenvalue weighted by Gasteiger charge is 2.18. The van der Waals surface area contributed by atoms with Crippen molar-refractivity contribution in [1.82, 2.24) is 9.55 Å². The van der Waals surface area contributed by atoms with E-state index >= 15 is 0 Å². The fourth-order valence-corrected chi connectivity index (χ4v) is 4.23. The minimum absolute atomic E-state index is 0.0744. The van der Waals surface area contributed by atoms with Crippen molar-refractivity contribution in [3.63, 3.8) is 0 Å². The van der Waals surface area contributed by atoms with Crippen LogP contribution in [-0.4, -0.2) is 16.2 Å². The van der Waals surface area contributed by atoms with E-state index in [9.17, 15) is 4.79 Å². The van der Waals surface area contributed by atoms with Crippen LogP contribution in [0.5, 0.6) is 5.75 Å². The number of hydrogen-bond donors (Lipinski definition) is 0. The Labute approximate surface area is 202 Å². The lowest BCUT2D eigenvalue weighted by molar-refractivity contribution is 0.306. The van der Waals surface area contributed by atoms with Gasteiger partial charge in [-0.2, -0.15) is 0 Å². The molecule has 0 aliphatic heterocycles. The van der Waals surface area contributed by atoms with Gasteiger partial charge in [0, 0.05) is 0 Å². The van der Waals surface area contributed by atoms with E-state index in [0.717, 1.165) is 36.3 Å².